The molecule has 5 nitrogen and oxygen atoms in total. The predicted molar refractivity (Wildman–Crippen MR) is 86.0 cm³/mol. The summed E-state index contributed by atoms with van der Waals surface area (Å²) in [5.74, 6) is -0.236. The number of rotatable bonds is 6. The van der Waals surface area contributed by atoms with Gasteiger partial charge in [0.15, 0.2) is 0 Å². The van der Waals surface area contributed by atoms with Crippen molar-refractivity contribution < 1.29 is 14.3 Å². The third kappa shape index (κ3) is 3.24. The SMILES string of the molecule is CCOC(=O)C1(CNc2cc(C(=O)NC)ccc2C)CCC1. The smallest absolute Gasteiger partial charge is 0.313 e. The Hall–Kier alpha value is -2.04. The summed E-state index contributed by atoms with van der Waals surface area (Å²) in [5.41, 5.74) is 2.13. The standard InChI is InChI=1S/C17H24N2O3/c1-4-22-16(21)17(8-5-9-17)11-19-14-10-13(15(20)18-3)7-6-12(14)2/h6-7,10,19H,4-5,8-9,11H2,1-3H3,(H,18,20). The van der Waals surface area contributed by atoms with Gasteiger partial charge >= 0.3 is 5.97 Å². The number of hydrogen-bond donors (Lipinski definition) is 2. The second kappa shape index (κ2) is 6.81. The first-order chi connectivity index (χ1) is 10.5. The minimum Gasteiger partial charge on any atom is -0.466 e. The molecule has 22 heavy (non-hydrogen) atoms. The highest BCUT2D eigenvalue weighted by Gasteiger charge is 2.45. The van der Waals surface area contributed by atoms with Gasteiger partial charge in [-0.25, -0.2) is 0 Å². The number of aryl methyl sites for hydroxylation is 1. The summed E-state index contributed by atoms with van der Waals surface area (Å²) in [6.07, 6.45) is 2.76. The lowest BCUT2D eigenvalue weighted by molar-refractivity contribution is -0.159. The minimum atomic E-state index is -0.411. The molecule has 0 bridgehead atoms. The van der Waals surface area contributed by atoms with Gasteiger partial charge in [0.1, 0.15) is 0 Å². The molecule has 120 valence electrons. The molecule has 0 aromatic heterocycles. The van der Waals surface area contributed by atoms with Crippen LogP contribution >= 0.6 is 0 Å². The molecule has 0 saturated heterocycles. The van der Waals surface area contributed by atoms with Gasteiger partial charge in [0, 0.05) is 24.8 Å². The first kappa shape index (κ1) is 16.3. The van der Waals surface area contributed by atoms with E-state index >= 15 is 0 Å². The van der Waals surface area contributed by atoms with E-state index in [1.54, 1.807) is 13.1 Å². The zero-order valence-electron chi connectivity index (χ0n) is 13.5. The number of amides is 1. The number of carbonyl (C=O) groups excluding carboxylic acids is 2. The van der Waals surface area contributed by atoms with Crippen LogP contribution in [-0.4, -0.2) is 32.1 Å². The second-order valence-corrected chi connectivity index (χ2v) is 5.82. The van der Waals surface area contributed by atoms with Gasteiger partial charge in [-0.05, 0) is 44.4 Å². The Balaban J connectivity index is 2.10. The minimum absolute atomic E-state index is 0.117. The quantitative estimate of drug-likeness (QED) is 0.792. The van der Waals surface area contributed by atoms with Gasteiger partial charge in [-0.3, -0.25) is 9.59 Å². The van der Waals surface area contributed by atoms with Crippen molar-refractivity contribution in [2.24, 2.45) is 5.41 Å². The maximum atomic E-state index is 12.1. The zero-order chi connectivity index (χ0) is 16.2. The van der Waals surface area contributed by atoms with E-state index in [0.717, 1.165) is 30.5 Å². The molecular formula is C17H24N2O3. The predicted octanol–water partition coefficient (Wildman–Crippen LogP) is 2.50. The summed E-state index contributed by atoms with van der Waals surface area (Å²) < 4.78 is 5.20. The van der Waals surface area contributed by atoms with E-state index in [1.165, 1.54) is 0 Å². The molecule has 2 N–H and O–H groups in total. The fraction of sp³-hybridized carbons (Fsp3) is 0.529. The Labute approximate surface area is 131 Å². The fourth-order valence-electron chi connectivity index (χ4n) is 2.70. The number of esters is 1. The molecule has 1 amide bonds. The maximum absolute atomic E-state index is 12.1. The molecule has 0 spiro atoms. The van der Waals surface area contributed by atoms with Crippen molar-refractivity contribution >= 4 is 17.6 Å². The fourth-order valence-corrected chi connectivity index (χ4v) is 2.70. The maximum Gasteiger partial charge on any atom is 0.313 e. The number of ether oxygens (including phenoxy) is 1. The molecule has 1 fully saturated rings. The molecule has 1 aliphatic rings. The average Bonchev–Trinajstić information content (AvgIpc) is 2.47. The van der Waals surface area contributed by atoms with E-state index in [0.29, 0.717) is 18.7 Å². The first-order valence-electron chi connectivity index (χ1n) is 7.76. The number of carbonyl (C=O) groups is 2. The van der Waals surface area contributed by atoms with Crippen molar-refractivity contribution in [3.63, 3.8) is 0 Å². The van der Waals surface area contributed by atoms with Gasteiger partial charge in [-0.2, -0.15) is 0 Å². The van der Waals surface area contributed by atoms with Gasteiger partial charge < -0.3 is 15.4 Å². The van der Waals surface area contributed by atoms with Crippen molar-refractivity contribution in [3.8, 4) is 0 Å². The summed E-state index contributed by atoms with van der Waals surface area (Å²) in [6.45, 7) is 4.76. The molecule has 0 atom stereocenters. The molecule has 0 aliphatic heterocycles. The summed E-state index contributed by atoms with van der Waals surface area (Å²) in [7, 11) is 1.61. The zero-order valence-corrected chi connectivity index (χ0v) is 13.5. The first-order valence-corrected chi connectivity index (χ1v) is 7.76. The van der Waals surface area contributed by atoms with E-state index in [-0.39, 0.29) is 11.9 Å². The van der Waals surface area contributed by atoms with E-state index in [9.17, 15) is 9.59 Å². The Morgan fingerprint density at radius 1 is 1.32 bits per heavy atom. The number of benzene rings is 1. The third-order valence-electron chi connectivity index (χ3n) is 4.36. The van der Waals surface area contributed by atoms with Crippen LogP contribution in [0.1, 0.15) is 42.1 Å². The summed E-state index contributed by atoms with van der Waals surface area (Å²) in [6, 6.07) is 5.53. The van der Waals surface area contributed by atoms with Crippen molar-refractivity contribution in [1.82, 2.24) is 5.32 Å². The highest BCUT2D eigenvalue weighted by Crippen LogP contribution is 2.42. The van der Waals surface area contributed by atoms with Crippen LogP contribution in [0.4, 0.5) is 5.69 Å². The van der Waals surface area contributed by atoms with Gasteiger partial charge in [0.05, 0.1) is 12.0 Å². The molecule has 1 aromatic rings. The lowest BCUT2D eigenvalue weighted by Crippen LogP contribution is -2.45. The molecule has 0 radical (unpaired) electrons. The van der Waals surface area contributed by atoms with Gasteiger partial charge in [0.2, 0.25) is 0 Å². The molecular weight excluding hydrogens is 280 g/mol. The van der Waals surface area contributed by atoms with Crippen LogP contribution in [0.25, 0.3) is 0 Å². The highest BCUT2D eigenvalue weighted by atomic mass is 16.5. The molecule has 1 aliphatic carbocycles. The average molecular weight is 304 g/mol. The number of nitrogens with one attached hydrogen (secondary N) is 2. The van der Waals surface area contributed by atoms with Crippen molar-refractivity contribution in [3.05, 3.63) is 29.3 Å². The number of hydrogen-bond acceptors (Lipinski definition) is 4. The lowest BCUT2D eigenvalue weighted by Gasteiger charge is -2.39. The summed E-state index contributed by atoms with van der Waals surface area (Å²) in [5, 5.41) is 5.95. The van der Waals surface area contributed by atoms with Crippen LogP contribution in [-0.2, 0) is 9.53 Å². The van der Waals surface area contributed by atoms with Crippen LogP contribution in [0, 0.1) is 12.3 Å². The Morgan fingerprint density at radius 2 is 2.05 bits per heavy atom. The van der Waals surface area contributed by atoms with Crippen molar-refractivity contribution in [2.45, 2.75) is 33.1 Å². The van der Waals surface area contributed by atoms with Crippen molar-refractivity contribution in [1.29, 1.82) is 0 Å². The largest absolute Gasteiger partial charge is 0.466 e. The van der Waals surface area contributed by atoms with Gasteiger partial charge in [0.25, 0.3) is 5.91 Å². The lowest BCUT2D eigenvalue weighted by atomic mass is 9.68. The third-order valence-corrected chi connectivity index (χ3v) is 4.36. The van der Waals surface area contributed by atoms with Gasteiger partial charge in [-0.15, -0.1) is 0 Å². The highest BCUT2D eigenvalue weighted by molar-refractivity contribution is 5.95. The van der Waals surface area contributed by atoms with Crippen LogP contribution in [0.3, 0.4) is 0 Å². The van der Waals surface area contributed by atoms with E-state index in [2.05, 4.69) is 10.6 Å². The number of anilines is 1. The van der Waals surface area contributed by atoms with Crippen molar-refractivity contribution in [2.75, 3.05) is 25.5 Å². The summed E-state index contributed by atoms with van der Waals surface area (Å²) in [4.78, 5) is 23.9. The monoisotopic (exact) mass is 304 g/mol. The Morgan fingerprint density at radius 3 is 2.59 bits per heavy atom. The topological polar surface area (TPSA) is 67.4 Å². The Kier molecular flexibility index (Phi) is 5.06. The van der Waals surface area contributed by atoms with E-state index in [1.807, 2.05) is 26.0 Å². The molecule has 0 heterocycles. The van der Waals surface area contributed by atoms with Gasteiger partial charge in [-0.1, -0.05) is 12.5 Å². The molecule has 5 heteroatoms. The molecule has 1 saturated carbocycles. The molecule has 2 rings (SSSR count). The Bertz CT molecular complexity index is 565. The van der Waals surface area contributed by atoms with E-state index in [4.69, 9.17) is 4.74 Å². The van der Waals surface area contributed by atoms with Crippen LogP contribution in [0.5, 0.6) is 0 Å². The van der Waals surface area contributed by atoms with Crippen LogP contribution in [0.15, 0.2) is 18.2 Å². The summed E-state index contributed by atoms with van der Waals surface area (Å²) >= 11 is 0. The second-order valence-electron chi connectivity index (χ2n) is 5.82. The molecule has 1 aromatic carbocycles. The van der Waals surface area contributed by atoms with Crippen LogP contribution < -0.4 is 10.6 Å². The van der Waals surface area contributed by atoms with E-state index < -0.39 is 5.41 Å². The normalized spacial score (nSPS) is 15.6. The van der Waals surface area contributed by atoms with Crippen LogP contribution in [0.2, 0.25) is 0 Å². The molecule has 0 unspecified atom stereocenters.